The fourth-order valence-electron chi connectivity index (χ4n) is 2.18. The first-order valence-electron chi connectivity index (χ1n) is 7.71. The second-order valence-corrected chi connectivity index (χ2v) is 6.25. The average molecular weight is 399 g/mol. The van der Waals surface area contributed by atoms with Crippen LogP contribution >= 0.6 is 15.9 Å². The summed E-state index contributed by atoms with van der Waals surface area (Å²) in [6.45, 7) is 0.169. The summed E-state index contributed by atoms with van der Waals surface area (Å²) in [5.74, 6) is 0.366. The molecular weight excluding hydrogens is 383 g/mol. The van der Waals surface area contributed by atoms with Crippen molar-refractivity contribution in [2.75, 3.05) is 5.43 Å². The summed E-state index contributed by atoms with van der Waals surface area (Å²) >= 11 is 3.24. The first-order valence-corrected chi connectivity index (χ1v) is 8.51. The van der Waals surface area contributed by atoms with Crippen molar-refractivity contribution in [1.29, 1.82) is 0 Å². The van der Waals surface area contributed by atoms with Crippen LogP contribution in [0.5, 0.6) is 5.75 Å². The van der Waals surface area contributed by atoms with Gasteiger partial charge in [0, 0.05) is 10.0 Å². The molecule has 0 heterocycles. The predicted molar refractivity (Wildman–Crippen MR) is 103 cm³/mol. The number of hydrogen-bond donors (Lipinski definition) is 1. The van der Waals surface area contributed by atoms with Crippen molar-refractivity contribution < 1.29 is 9.13 Å². The van der Waals surface area contributed by atoms with Gasteiger partial charge in [0.25, 0.3) is 0 Å². The second kappa shape index (κ2) is 8.44. The summed E-state index contributed by atoms with van der Waals surface area (Å²) in [5, 5.41) is 4.20. The Labute approximate surface area is 154 Å². The van der Waals surface area contributed by atoms with Crippen LogP contribution in [-0.4, -0.2) is 6.21 Å². The lowest BCUT2D eigenvalue weighted by molar-refractivity contribution is 0.300. The molecule has 0 aromatic heterocycles. The van der Waals surface area contributed by atoms with Crippen LogP contribution in [-0.2, 0) is 6.61 Å². The quantitative estimate of drug-likeness (QED) is 0.432. The third-order valence-corrected chi connectivity index (χ3v) is 3.94. The van der Waals surface area contributed by atoms with Gasteiger partial charge in [-0.3, -0.25) is 5.43 Å². The second-order valence-electron chi connectivity index (χ2n) is 5.33. The molecule has 0 bridgehead atoms. The third-order valence-electron chi connectivity index (χ3n) is 3.45. The highest BCUT2D eigenvalue weighted by molar-refractivity contribution is 9.10. The van der Waals surface area contributed by atoms with E-state index in [9.17, 15) is 4.39 Å². The lowest BCUT2D eigenvalue weighted by Crippen LogP contribution is -1.99. The van der Waals surface area contributed by atoms with Gasteiger partial charge in [-0.1, -0.05) is 52.3 Å². The zero-order valence-corrected chi connectivity index (χ0v) is 14.9. The fourth-order valence-corrected chi connectivity index (χ4v) is 2.51. The summed E-state index contributed by atoms with van der Waals surface area (Å²) in [6.07, 6.45) is 1.71. The predicted octanol–water partition coefficient (Wildman–Crippen LogP) is 5.61. The Morgan fingerprint density at radius 2 is 1.84 bits per heavy atom. The molecule has 25 heavy (non-hydrogen) atoms. The standard InChI is InChI=1S/C20H16BrFN2O/c21-17-10-9-16(20(22)12-17)14-25-19-8-4-5-15(11-19)13-23-24-18-6-2-1-3-7-18/h1-13,24H,14H2. The molecule has 0 saturated heterocycles. The number of nitrogens with one attached hydrogen (secondary N) is 1. The molecule has 1 N–H and O–H groups in total. The SMILES string of the molecule is Fc1cc(Br)ccc1COc1cccc(C=NNc2ccccc2)c1. The zero-order valence-electron chi connectivity index (χ0n) is 13.3. The van der Waals surface area contributed by atoms with E-state index in [0.717, 1.165) is 11.3 Å². The van der Waals surface area contributed by atoms with Crippen LogP contribution in [0.25, 0.3) is 0 Å². The van der Waals surface area contributed by atoms with Crippen LogP contribution in [0.2, 0.25) is 0 Å². The number of hydrazone groups is 1. The monoisotopic (exact) mass is 398 g/mol. The number of para-hydroxylation sites is 1. The van der Waals surface area contributed by atoms with E-state index in [0.29, 0.717) is 15.8 Å². The molecule has 3 nitrogen and oxygen atoms in total. The van der Waals surface area contributed by atoms with E-state index >= 15 is 0 Å². The minimum Gasteiger partial charge on any atom is -0.489 e. The highest BCUT2D eigenvalue weighted by atomic mass is 79.9. The van der Waals surface area contributed by atoms with Gasteiger partial charge < -0.3 is 4.74 Å². The maximum Gasteiger partial charge on any atom is 0.130 e. The largest absolute Gasteiger partial charge is 0.489 e. The molecule has 0 unspecified atom stereocenters. The number of rotatable bonds is 6. The molecule has 3 aromatic carbocycles. The normalized spacial score (nSPS) is 10.8. The molecule has 0 spiro atoms. The number of ether oxygens (including phenoxy) is 1. The van der Waals surface area contributed by atoms with Crippen LogP contribution in [0.15, 0.2) is 82.4 Å². The third kappa shape index (κ3) is 5.16. The van der Waals surface area contributed by atoms with Crippen LogP contribution in [0.4, 0.5) is 10.1 Å². The van der Waals surface area contributed by atoms with Gasteiger partial charge in [0.15, 0.2) is 0 Å². The van der Waals surface area contributed by atoms with Crippen molar-refractivity contribution in [1.82, 2.24) is 0 Å². The molecule has 0 aliphatic heterocycles. The van der Waals surface area contributed by atoms with Crippen molar-refractivity contribution in [3.63, 3.8) is 0 Å². The average Bonchev–Trinajstić information content (AvgIpc) is 2.62. The van der Waals surface area contributed by atoms with Gasteiger partial charge in [-0.05, 0) is 42.0 Å². The van der Waals surface area contributed by atoms with E-state index in [-0.39, 0.29) is 12.4 Å². The minimum absolute atomic E-state index is 0.169. The summed E-state index contributed by atoms with van der Waals surface area (Å²) < 4.78 is 20.2. The first-order chi connectivity index (χ1) is 12.2. The van der Waals surface area contributed by atoms with Crippen LogP contribution in [0.3, 0.4) is 0 Å². The van der Waals surface area contributed by atoms with Gasteiger partial charge in [-0.25, -0.2) is 4.39 Å². The van der Waals surface area contributed by atoms with Crippen molar-refractivity contribution in [3.05, 3.63) is 94.2 Å². The maximum atomic E-state index is 13.8. The van der Waals surface area contributed by atoms with E-state index < -0.39 is 0 Å². The van der Waals surface area contributed by atoms with Gasteiger partial charge in [0.2, 0.25) is 0 Å². The molecule has 3 aromatic rings. The van der Waals surface area contributed by atoms with Gasteiger partial charge in [-0.2, -0.15) is 5.10 Å². The Hall–Kier alpha value is -2.66. The van der Waals surface area contributed by atoms with Gasteiger partial charge >= 0.3 is 0 Å². The van der Waals surface area contributed by atoms with E-state index in [1.54, 1.807) is 18.3 Å². The van der Waals surface area contributed by atoms with Gasteiger partial charge in [0.05, 0.1) is 11.9 Å². The highest BCUT2D eigenvalue weighted by Gasteiger charge is 2.04. The number of halogens is 2. The van der Waals surface area contributed by atoms with Crippen LogP contribution in [0, 0.1) is 5.82 Å². The highest BCUT2D eigenvalue weighted by Crippen LogP contribution is 2.18. The van der Waals surface area contributed by atoms with Gasteiger partial charge in [-0.15, -0.1) is 0 Å². The molecule has 0 amide bonds. The van der Waals surface area contributed by atoms with E-state index in [2.05, 4.69) is 26.5 Å². The fraction of sp³-hybridized carbons (Fsp3) is 0.0500. The number of hydrogen-bond acceptors (Lipinski definition) is 3. The topological polar surface area (TPSA) is 33.6 Å². The first kappa shape index (κ1) is 17.2. The lowest BCUT2D eigenvalue weighted by atomic mass is 10.2. The Balaban J connectivity index is 1.61. The number of benzene rings is 3. The Bertz CT molecular complexity index is 869. The van der Waals surface area contributed by atoms with Crippen LogP contribution < -0.4 is 10.2 Å². The molecule has 0 aliphatic carbocycles. The Kier molecular flexibility index (Phi) is 5.80. The maximum absolute atomic E-state index is 13.8. The molecule has 126 valence electrons. The zero-order chi connectivity index (χ0) is 17.5. The minimum atomic E-state index is -0.292. The smallest absolute Gasteiger partial charge is 0.130 e. The van der Waals surface area contributed by atoms with E-state index in [4.69, 9.17) is 4.74 Å². The number of nitrogens with zero attached hydrogens (tertiary/aromatic N) is 1. The van der Waals surface area contributed by atoms with Crippen molar-refractivity contribution >= 4 is 27.8 Å². The summed E-state index contributed by atoms with van der Waals surface area (Å²) in [5.41, 5.74) is 5.27. The molecule has 3 rings (SSSR count). The molecule has 0 saturated carbocycles. The van der Waals surface area contributed by atoms with E-state index in [1.165, 1.54) is 6.07 Å². The molecule has 0 radical (unpaired) electrons. The Morgan fingerprint density at radius 1 is 1.00 bits per heavy atom. The molecule has 5 heteroatoms. The van der Waals surface area contributed by atoms with Gasteiger partial charge in [0.1, 0.15) is 18.2 Å². The molecular formula is C20H16BrFN2O. The van der Waals surface area contributed by atoms with Crippen molar-refractivity contribution in [3.8, 4) is 5.75 Å². The summed E-state index contributed by atoms with van der Waals surface area (Å²) in [6, 6.07) is 22.1. The van der Waals surface area contributed by atoms with E-state index in [1.807, 2.05) is 54.6 Å². The van der Waals surface area contributed by atoms with Crippen molar-refractivity contribution in [2.45, 2.75) is 6.61 Å². The van der Waals surface area contributed by atoms with Crippen LogP contribution in [0.1, 0.15) is 11.1 Å². The Morgan fingerprint density at radius 3 is 2.64 bits per heavy atom. The summed E-state index contributed by atoms with van der Waals surface area (Å²) in [7, 11) is 0. The van der Waals surface area contributed by atoms with Crippen molar-refractivity contribution in [2.24, 2.45) is 5.10 Å². The lowest BCUT2D eigenvalue weighted by Gasteiger charge is -2.08. The summed E-state index contributed by atoms with van der Waals surface area (Å²) in [4.78, 5) is 0. The molecule has 0 aliphatic rings. The molecule has 0 fully saturated rings. The molecule has 0 atom stereocenters. The number of anilines is 1.